The van der Waals surface area contributed by atoms with Gasteiger partial charge >= 0.3 is 5.97 Å². The van der Waals surface area contributed by atoms with E-state index in [1.165, 1.54) is 0 Å². The summed E-state index contributed by atoms with van der Waals surface area (Å²) in [5.41, 5.74) is 1.00. The number of hydrogen-bond donors (Lipinski definition) is 2. The normalized spacial score (nSPS) is 22.5. The first-order valence-corrected chi connectivity index (χ1v) is 13.3. The van der Waals surface area contributed by atoms with Crippen molar-refractivity contribution in [3.05, 3.63) is 35.9 Å². The van der Waals surface area contributed by atoms with Crippen LogP contribution in [0, 0.1) is 5.92 Å². The van der Waals surface area contributed by atoms with Gasteiger partial charge in [0.1, 0.15) is 11.7 Å². The molecule has 0 aromatic heterocycles. The molecule has 1 fully saturated rings. The lowest BCUT2D eigenvalue weighted by Gasteiger charge is -2.21. The van der Waals surface area contributed by atoms with Crippen LogP contribution in [0.3, 0.4) is 0 Å². The Bertz CT molecular complexity index is 796. The van der Waals surface area contributed by atoms with Crippen LogP contribution in [0.4, 0.5) is 0 Å². The molecule has 1 saturated heterocycles. The second-order valence-corrected chi connectivity index (χ2v) is 9.40. The van der Waals surface area contributed by atoms with Crippen LogP contribution in [-0.4, -0.2) is 42.8 Å². The molecule has 2 N–H and O–H groups in total. The number of benzene rings is 1. The Balaban J connectivity index is 2.11. The number of hydrogen-bond acceptors (Lipinski definition) is 5. The van der Waals surface area contributed by atoms with Crippen molar-refractivity contribution in [2.45, 2.75) is 96.4 Å². The summed E-state index contributed by atoms with van der Waals surface area (Å²) in [4.78, 5) is 50.5. The molecule has 2 unspecified atom stereocenters. The highest BCUT2D eigenvalue weighted by Gasteiger charge is 2.30. The average Bonchev–Trinajstić information content (AvgIpc) is 2.82. The molecule has 1 aliphatic rings. The number of nitrogens with one attached hydrogen (secondary N) is 2. The molecule has 7 heteroatoms. The van der Waals surface area contributed by atoms with Crippen molar-refractivity contribution in [3.63, 3.8) is 0 Å². The van der Waals surface area contributed by atoms with E-state index < -0.39 is 17.9 Å². The van der Waals surface area contributed by atoms with E-state index in [2.05, 4.69) is 10.6 Å². The van der Waals surface area contributed by atoms with Gasteiger partial charge in [-0.25, -0.2) is 0 Å². The molecule has 1 aromatic carbocycles. The van der Waals surface area contributed by atoms with Crippen LogP contribution in [0.5, 0.6) is 0 Å². The van der Waals surface area contributed by atoms with Crippen LogP contribution in [-0.2, 0) is 30.3 Å². The third-order valence-electron chi connectivity index (χ3n) is 6.42. The fraction of sp³-hybridized carbons (Fsp3) is 0.643. The van der Waals surface area contributed by atoms with Crippen LogP contribution in [0.2, 0.25) is 0 Å². The summed E-state index contributed by atoms with van der Waals surface area (Å²) in [6.07, 6.45) is 9.73. The highest BCUT2D eigenvalue weighted by atomic mass is 16.5. The van der Waals surface area contributed by atoms with Gasteiger partial charge < -0.3 is 15.4 Å². The van der Waals surface area contributed by atoms with Gasteiger partial charge in [-0.15, -0.1) is 0 Å². The van der Waals surface area contributed by atoms with Gasteiger partial charge in [-0.3, -0.25) is 19.2 Å². The molecule has 2 rings (SSSR count). The van der Waals surface area contributed by atoms with Gasteiger partial charge in [-0.2, -0.15) is 0 Å². The number of ketones is 1. The zero-order valence-corrected chi connectivity index (χ0v) is 21.2. The number of esters is 1. The van der Waals surface area contributed by atoms with Crippen LogP contribution in [0.1, 0.15) is 89.5 Å². The molecule has 1 aliphatic heterocycles. The summed E-state index contributed by atoms with van der Waals surface area (Å²) in [5, 5.41) is 5.78. The van der Waals surface area contributed by atoms with Crippen molar-refractivity contribution in [1.29, 1.82) is 0 Å². The fourth-order valence-corrected chi connectivity index (χ4v) is 4.51. The smallest absolute Gasteiger partial charge is 0.316 e. The second-order valence-electron chi connectivity index (χ2n) is 9.40. The van der Waals surface area contributed by atoms with Crippen LogP contribution >= 0.6 is 0 Å². The lowest BCUT2D eigenvalue weighted by atomic mass is 9.90. The lowest BCUT2D eigenvalue weighted by Crippen LogP contribution is -2.41. The monoisotopic (exact) mass is 486 g/mol. The number of carbonyl (C=O) groups excluding carboxylic acids is 4. The van der Waals surface area contributed by atoms with Crippen LogP contribution in [0.15, 0.2) is 30.3 Å². The van der Waals surface area contributed by atoms with Gasteiger partial charge in [0.25, 0.3) is 0 Å². The summed E-state index contributed by atoms with van der Waals surface area (Å²) < 4.78 is 5.21. The first-order valence-electron chi connectivity index (χ1n) is 13.3. The number of carbonyl (C=O) groups is 4. The number of Topliss-reactive ketones (excluding diaryl/α,β-unsaturated/α-hetero) is 1. The maximum Gasteiger partial charge on any atom is 0.316 e. The minimum absolute atomic E-state index is 0.0273. The molecule has 35 heavy (non-hydrogen) atoms. The first-order chi connectivity index (χ1) is 17.0. The van der Waals surface area contributed by atoms with Crippen molar-refractivity contribution in [1.82, 2.24) is 10.6 Å². The third-order valence-corrected chi connectivity index (χ3v) is 6.42. The van der Waals surface area contributed by atoms with E-state index in [9.17, 15) is 19.2 Å². The van der Waals surface area contributed by atoms with Crippen molar-refractivity contribution >= 4 is 23.6 Å². The molecule has 0 spiro atoms. The number of rotatable bonds is 4. The molecule has 0 aliphatic carbocycles. The maximum atomic E-state index is 13.2. The van der Waals surface area contributed by atoms with Crippen LogP contribution < -0.4 is 10.6 Å². The highest BCUT2D eigenvalue weighted by Crippen LogP contribution is 2.19. The molecule has 0 radical (unpaired) electrons. The minimum Gasteiger partial charge on any atom is -0.465 e. The predicted octanol–water partition coefficient (Wildman–Crippen LogP) is 4.27. The van der Waals surface area contributed by atoms with Gasteiger partial charge in [-0.05, 0) is 31.7 Å². The molecule has 1 aromatic rings. The lowest BCUT2D eigenvalue weighted by molar-refractivity contribution is -0.152. The van der Waals surface area contributed by atoms with E-state index in [1.54, 1.807) is 6.92 Å². The maximum absolute atomic E-state index is 13.2. The zero-order valence-electron chi connectivity index (χ0n) is 21.2. The molecular formula is C28H42N2O5. The summed E-state index contributed by atoms with van der Waals surface area (Å²) in [5.74, 6) is -1.70. The molecule has 7 nitrogen and oxygen atoms in total. The largest absolute Gasteiger partial charge is 0.465 e. The van der Waals surface area contributed by atoms with E-state index in [1.807, 2.05) is 30.3 Å². The molecule has 1 heterocycles. The Morgan fingerprint density at radius 2 is 1.54 bits per heavy atom. The SMILES string of the molecule is CCOC(=O)C1CCCCCCCCCCC(=O)NCCC(=O)NC(Cc2ccccc2)CC1=O. The van der Waals surface area contributed by atoms with Gasteiger partial charge in [0.2, 0.25) is 11.8 Å². The summed E-state index contributed by atoms with van der Waals surface area (Å²) in [6, 6.07) is 9.23. The van der Waals surface area contributed by atoms with Crippen molar-refractivity contribution in [2.24, 2.45) is 5.92 Å². The first kappa shape index (κ1) is 28.5. The molecular weight excluding hydrogens is 444 g/mol. The Morgan fingerprint density at radius 3 is 2.23 bits per heavy atom. The standard InChI is InChI=1S/C28H42N2O5/c1-2-35-28(34)24-16-12-7-5-3-4-6-8-13-17-26(32)29-19-18-27(33)30-23(21-25(24)31)20-22-14-10-9-11-15-22/h9-11,14-15,23-24H,2-8,12-13,16-21H2,1H3,(H,29,32)(H,30,33). The third kappa shape index (κ3) is 12.0. The molecule has 0 saturated carbocycles. The summed E-state index contributed by atoms with van der Waals surface area (Å²) in [6.45, 7) is 2.24. The van der Waals surface area contributed by atoms with Crippen molar-refractivity contribution in [3.8, 4) is 0 Å². The summed E-state index contributed by atoms with van der Waals surface area (Å²) >= 11 is 0. The Kier molecular flexibility index (Phi) is 13.7. The van der Waals surface area contributed by atoms with Gasteiger partial charge in [-0.1, -0.05) is 75.3 Å². The number of amides is 2. The quantitative estimate of drug-likeness (QED) is 0.489. The van der Waals surface area contributed by atoms with Gasteiger partial charge in [0, 0.05) is 31.8 Å². The van der Waals surface area contributed by atoms with E-state index in [-0.39, 0.29) is 43.6 Å². The average molecular weight is 487 g/mol. The second kappa shape index (κ2) is 16.8. The van der Waals surface area contributed by atoms with E-state index >= 15 is 0 Å². The Hall–Kier alpha value is -2.70. The topological polar surface area (TPSA) is 102 Å². The van der Waals surface area contributed by atoms with Crippen molar-refractivity contribution in [2.75, 3.05) is 13.2 Å². The fourth-order valence-electron chi connectivity index (χ4n) is 4.51. The summed E-state index contributed by atoms with van der Waals surface area (Å²) in [7, 11) is 0. The Morgan fingerprint density at radius 1 is 0.886 bits per heavy atom. The van der Waals surface area contributed by atoms with Gasteiger partial charge in [0.15, 0.2) is 0 Å². The Labute approximate surface area is 209 Å². The van der Waals surface area contributed by atoms with E-state index in [0.717, 1.165) is 56.9 Å². The number of ether oxygens (including phenoxy) is 1. The van der Waals surface area contributed by atoms with Crippen LogP contribution in [0.25, 0.3) is 0 Å². The minimum atomic E-state index is -0.796. The van der Waals surface area contributed by atoms with E-state index in [4.69, 9.17) is 4.74 Å². The van der Waals surface area contributed by atoms with Crippen molar-refractivity contribution < 1.29 is 23.9 Å². The molecule has 194 valence electrons. The van der Waals surface area contributed by atoms with E-state index in [0.29, 0.717) is 19.3 Å². The predicted molar refractivity (Wildman–Crippen MR) is 136 cm³/mol. The highest BCUT2D eigenvalue weighted by molar-refractivity contribution is 5.99. The molecule has 2 atom stereocenters. The zero-order chi connectivity index (χ0) is 25.3. The molecule has 2 amide bonds. The van der Waals surface area contributed by atoms with Gasteiger partial charge in [0.05, 0.1) is 6.61 Å². The molecule has 0 bridgehead atoms.